The van der Waals surface area contributed by atoms with Gasteiger partial charge in [-0.05, 0) is 24.3 Å². The number of nitrogens with one attached hydrogen (secondary N) is 3. The van der Waals surface area contributed by atoms with Crippen molar-refractivity contribution in [1.82, 2.24) is 10.2 Å². The quantitative estimate of drug-likeness (QED) is 0.666. The summed E-state index contributed by atoms with van der Waals surface area (Å²) in [5.41, 5.74) is 3.68. The molecule has 4 rings (SSSR count). The minimum atomic E-state index is -0.355. The van der Waals surface area contributed by atoms with Crippen LogP contribution in [0.4, 0.5) is 11.4 Å². The molecule has 1 amide bonds. The number of aromatic nitrogens is 2. The molecule has 0 saturated heterocycles. The van der Waals surface area contributed by atoms with Gasteiger partial charge in [0.15, 0.2) is 0 Å². The Hall–Kier alpha value is -2.82. The number of aromatic amines is 1. The molecule has 0 spiro atoms. The molecule has 1 atom stereocenters. The first-order valence-electron chi connectivity index (χ1n) is 6.41. The van der Waals surface area contributed by atoms with Crippen LogP contribution in [0.5, 0.6) is 0 Å². The van der Waals surface area contributed by atoms with Crippen LogP contribution < -0.4 is 10.6 Å². The van der Waals surface area contributed by atoms with E-state index in [1.165, 1.54) is 0 Å². The van der Waals surface area contributed by atoms with Crippen LogP contribution in [0.25, 0.3) is 10.9 Å². The third-order valence-electron chi connectivity index (χ3n) is 3.54. The molecule has 1 aliphatic rings. The minimum absolute atomic E-state index is 0.0316. The second kappa shape index (κ2) is 4.09. The van der Waals surface area contributed by atoms with Crippen molar-refractivity contribution in [1.29, 1.82) is 0 Å². The van der Waals surface area contributed by atoms with E-state index in [1.807, 2.05) is 42.5 Å². The highest BCUT2D eigenvalue weighted by Gasteiger charge is 2.29. The van der Waals surface area contributed by atoms with Crippen LogP contribution in [0.1, 0.15) is 11.6 Å². The molecule has 1 aliphatic heterocycles. The molecule has 0 saturated carbocycles. The zero-order valence-electron chi connectivity index (χ0n) is 10.6. The fraction of sp³-hybridized carbons (Fsp3) is 0.0667. The standard InChI is InChI=1S/C15H12N4O/c20-15-14(11-3-1-2-4-12(11)18-15)17-10-6-5-9-8-16-19-13(9)7-10/h1-8,14,17H,(H,16,19)(H,18,20). The van der Waals surface area contributed by atoms with Crippen molar-refractivity contribution in [3.63, 3.8) is 0 Å². The van der Waals surface area contributed by atoms with Gasteiger partial charge >= 0.3 is 0 Å². The first-order chi connectivity index (χ1) is 9.81. The third-order valence-corrected chi connectivity index (χ3v) is 3.54. The number of amides is 1. The number of anilines is 2. The van der Waals surface area contributed by atoms with E-state index < -0.39 is 0 Å². The van der Waals surface area contributed by atoms with Crippen LogP contribution in [0, 0.1) is 0 Å². The Morgan fingerprint density at radius 2 is 2.05 bits per heavy atom. The van der Waals surface area contributed by atoms with Gasteiger partial charge in [0.1, 0.15) is 6.04 Å². The topological polar surface area (TPSA) is 69.8 Å². The van der Waals surface area contributed by atoms with Crippen molar-refractivity contribution in [3.05, 3.63) is 54.2 Å². The number of benzene rings is 2. The smallest absolute Gasteiger partial charge is 0.251 e. The number of H-pyrrole nitrogens is 1. The lowest BCUT2D eigenvalue weighted by Crippen LogP contribution is -2.19. The fourth-order valence-electron chi connectivity index (χ4n) is 2.55. The van der Waals surface area contributed by atoms with Gasteiger partial charge in [-0.25, -0.2) is 0 Å². The van der Waals surface area contributed by atoms with Gasteiger partial charge in [0.2, 0.25) is 0 Å². The molecular weight excluding hydrogens is 252 g/mol. The predicted molar refractivity (Wildman–Crippen MR) is 77.5 cm³/mol. The van der Waals surface area contributed by atoms with Crippen LogP contribution in [0.2, 0.25) is 0 Å². The Balaban J connectivity index is 1.70. The second-order valence-corrected chi connectivity index (χ2v) is 4.83. The maximum absolute atomic E-state index is 12.1. The van der Waals surface area contributed by atoms with E-state index in [4.69, 9.17) is 0 Å². The summed E-state index contributed by atoms with van der Waals surface area (Å²) in [6.45, 7) is 0. The van der Waals surface area contributed by atoms with Crippen molar-refractivity contribution < 1.29 is 4.79 Å². The third kappa shape index (κ3) is 1.64. The Kier molecular flexibility index (Phi) is 2.26. The van der Waals surface area contributed by atoms with Gasteiger partial charge in [0, 0.05) is 22.3 Å². The van der Waals surface area contributed by atoms with Crippen molar-refractivity contribution in [2.24, 2.45) is 0 Å². The lowest BCUT2D eigenvalue weighted by atomic mass is 10.1. The minimum Gasteiger partial charge on any atom is -0.370 e. The van der Waals surface area contributed by atoms with E-state index in [-0.39, 0.29) is 11.9 Å². The lowest BCUT2D eigenvalue weighted by molar-refractivity contribution is -0.116. The van der Waals surface area contributed by atoms with E-state index in [9.17, 15) is 4.79 Å². The van der Waals surface area contributed by atoms with Gasteiger partial charge in [-0.2, -0.15) is 5.10 Å². The Morgan fingerprint density at radius 1 is 1.15 bits per heavy atom. The van der Waals surface area contributed by atoms with Crippen molar-refractivity contribution in [2.75, 3.05) is 10.6 Å². The van der Waals surface area contributed by atoms with Crippen molar-refractivity contribution in [3.8, 4) is 0 Å². The zero-order valence-corrected chi connectivity index (χ0v) is 10.6. The predicted octanol–water partition coefficient (Wildman–Crippen LogP) is 2.67. The molecule has 0 radical (unpaired) electrons. The number of fused-ring (bicyclic) bond motifs is 2. The Labute approximate surface area is 115 Å². The first kappa shape index (κ1) is 11.0. The molecule has 5 nitrogen and oxygen atoms in total. The van der Waals surface area contributed by atoms with Crippen LogP contribution in [0.15, 0.2) is 48.7 Å². The highest BCUT2D eigenvalue weighted by atomic mass is 16.2. The molecule has 1 unspecified atom stereocenters. The molecule has 0 aliphatic carbocycles. The van der Waals surface area contributed by atoms with Gasteiger partial charge in [-0.3, -0.25) is 9.89 Å². The summed E-state index contributed by atoms with van der Waals surface area (Å²) in [6.07, 6.45) is 1.77. The molecule has 0 bridgehead atoms. The van der Waals surface area contributed by atoms with Crippen LogP contribution in [-0.4, -0.2) is 16.1 Å². The van der Waals surface area contributed by atoms with Gasteiger partial charge < -0.3 is 10.6 Å². The van der Waals surface area contributed by atoms with Crippen molar-refractivity contribution in [2.45, 2.75) is 6.04 Å². The maximum Gasteiger partial charge on any atom is 0.251 e. The molecule has 3 N–H and O–H groups in total. The number of hydrogen-bond acceptors (Lipinski definition) is 3. The number of rotatable bonds is 2. The molecule has 20 heavy (non-hydrogen) atoms. The highest BCUT2D eigenvalue weighted by Crippen LogP contribution is 2.33. The normalized spacial score (nSPS) is 17.0. The average molecular weight is 264 g/mol. The highest BCUT2D eigenvalue weighted by molar-refractivity contribution is 6.04. The average Bonchev–Trinajstić information content (AvgIpc) is 3.04. The van der Waals surface area contributed by atoms with Crippen molar-refractivity contribution >= 4 is 28.2 Å². The Bertz CT molecular complexity index is 808. The van der Waals surface area contributed by atoms with Gasteiger partial charge in [-0.15, -0.1) is 0 Å². The molecule has 5 heteroatoms. The number of carbonyl (C=O) groups is 1. The van der Waals surface area contributed by atoms with Gasteiger partial charge in [0.25, 0.3) is 5.91 Å². The van der Waals surface area contributed by atoms with E-state index >= 15 is 0 Å². The summed E-state index contributed by atoms with van der Waals surface area (Å²) in [4.78, 5) is 12.1. The summed E-state index contributed by atoms with van der Waals surface area (Å²) < 4.78 is 0. The molecular formula is C15H12N4O. The largest absolute Gasteiger partial charge is 0.370 e. The summed E-state index contributed by atoms with van der Waals surface area (Å²) >= 11 is 0. The fourth-order valence-corrected chi connectivity index (χ4v) is 2.55. The number of para-hydroxylation sites is 1. The lowest BCUT2D eigenvalue weighted by Gasteiger charge is -2.12. The monoisotopic (exact) mass is 264 g/mol. The number of carbonyl (C=O) groups excluding carboxylic acids is 1. The molecule has 98 valence electrons. The summed E-state index contributed by atoms with van der Waals surface area (Å²) in [7, 11) is 0. The van der Waals surface area contributed by atoms with E-state index in [2.05, 4.69) is 20.8 Å². The van der Waals surface area contributed by atoms with Crippen LogP contribution in [0.3, 0.4) is 0 Å². The SMILES string of the molecule is O=C1Nc2ccccc2C1Nc1ccc2cn[nH]c2c1. The molecule has 2 aromatic carbocycles. The molecule has 2 heterocycles. The summed E-state index contributed by atoms with van der Waals surface area (Å²) in [6, 6.07) is 13.2. The van der Waals surface area contributed by atoms with Crippen LogP contribution in [-0.2, 0) is 4.79 Å². The summed E-state index contributed by atoms with van der Waals surface area (Å²) in [5.74, 6) is -0.0316. The van der Waals surface area contributed by atoms with Crippen LogP contribution >= 0.6 is 0 Å². The Morgan fingerprint density at radius 3 is 3.00 bits per heavy atom. The zero-order chi connectivity index (χ0) is 13.5. The maximum atomic E-state index is 12.1. The molecule has 0 fully saturated rings. The molecule has 3 aromatic rings. The summed E-state index contributed by atoms with van der Waals surface area (Å²) in [5, 5.41) is 14.1. The second-order valence-electron chi connectivity index (χ2n) is 4.83. The first-order valence-corrected chi connectivity index (χ1v) is 6.41. The van der Waals surface area contributed by atoms with Gasteiger partial charge in [0.05, 0.1) is 11.7 Å². The van der Waals surface area contributed by atoms with E-state index in [0.29, 0.717) is 0 Å². The number of hydrogen-bond donors (Lipinski definition) is 3. The van der Waals surface area contributed by atoms with E-state index in [1.54, 1.807) is 6.20 Å². The van der Waals surface area contributed by atoms with E-state index in [0.717, 1.165) is 27.8 Å². The number of nitrogens with zero attached hydrogens (tertiary/aromatic N) is 1. The molecule has 1 aromatic heterocycles. The van der Waals surface area contributed by atoms with Gasteiger partial charge in [-0.1, -0.05) is 18.2 Å².